The van der Waals surface area contributed by atoms with Crippen molar-refractivity contribution in [3.63, 3.8) is 0 Å². The Hall–Kier alpha value is -1.68. The van der Waals surface area contributed by atoms with Gasteiger partial charge in [0.1, 0.15) is 5.78 Å². The summed E-state index contributed by atoms with van der Waals surface area (Å²) in [7, 11) is 1.68. The van der Waals surface area contributed by atoms with Crippen LogP contribution in [0.1, 0.15) is 39.2 Å². The van der Waals surface area contributed by atoms with Gasteiger partial charge in [-0.3, -0.25) is 4.68 Å². The fourth-order valence-electron chi connectivity index (χ4n) is 2.27. The SMILES string of the molecule is CC.COCCn1cc(C2=CC(CC(C)=O)CC=C2)cn1. The topological polar surface area (TPSA) is 44.1 Å². The Balaban J connectivity index is 0.00000106. The van der Waals surface area contributed by atoms with Crippen molar-refractivity contribution in [1.82, 2.24) is 9.78 Å². The molecule has 0 spiro atoms. The highest BCUT2D eigenvalue weighted by molar-refractivity contribution is 5.78. The van der Waals surface area contributed by atoms with Gasteiger partial charge in [0.25, 0.3) is 0 Å². The largest absolute Gasteiger partial charge is 0.383 e. The lowest BCUT2D eigenvalue weighted by Crippen LogP contribution is -2.05. The van der Waals surface area contributed by atoms with Crippen LogP contribution in [0.15, 0.2) is 30.6 Å². The Morgan fingerprint density at radius 2 is 2.24 bits per heavy atom. The monoisotopic (exact) mass is 290 g/mol. The van der Waals surface area contributed by atoms with E-state index in [-0.39, 0.29) is 5.78 Å². The van der Waals surface area contributed by atoms with Crippen molar-refractivity contribution in [1.29, 1.82) is 0 Å². The predicted molar refractivity (Wildman–Crippen MR) is 86.0 cm³/mol. The number of hydrogen-bond donors (Lipinski definition) is 0. The van der Waals surface area contributed by atoms with Gasteiger partial charge in [-0.15, -0.1) is 0 Å². The number of ether oxygens (including phenoxy) is 1. The molecule has 0 aromatic carbocycles. The van der Waals surface area contributed by atoms with Crippen LogP contribution in [-0.2, 0) is 16.1 Å². The normalized spacial score (nSPS) is 17.0. The highest BCUT2D eigenvalue weighted by atomic mass is 16.5. The van der Waals surface area contributed by atoms with E-state index in [4.69, 9.17) is 4.74 Å². The first-order valence-corrected chi connectivity index (χ1v) is 7.58. The quantitative estimate of drug-likeness (QED) is 0.805. The molecule has 0 N–H and O–H groups in total. The van der Waals surface area contributed by atoms with E-state index in [2.05, 4.69) is 23.3 Å². The molecule has 1 unspecified atom stereocenters. The van der Waals surface area contributed by atoms with Crippen LogP contribution < -0.4 is 0 Å². The summed E-state index contributed by atoms with van der Waals surface area (Å²) >= 11 is 0. The molecule has 0 bridgehead atoms. The number of ketones is 1. The predicted octanol–water partition coefficient (Wildman–Crippen LogP) is 3.49. The maximum absolute atomic E-state index is 11.2. The van der Waals surface area contributed by atoms with Crippen LogP contribution in [-0.4, -0.2) is 29.3 Å². The summed E-state index contributed by atoms with van der Waals surface area (Å²) in [5, 5.41) is 4.31. The lowest BCUT2D eigenvalue weighted by molar-refractivity contribution is -0.117. The van der Waals surface area contributed by atoms with Crippen molar-refractivity contribution in [2.24, 2.45) is 5.92 Å². The standard InChI is InChI=1S/C15H20N2O2.C2H6/c1-12(18)8-13-4-3-5-14(9-13)15-10-16-17(11-15)6-7-19-2;1-2/h3,5,9-11,13H,4,6-8H2,1-2H3;1-2H3. The first-order valence-electron chi connectivity index (χ1n) is 7.58. The summed E-state index contributed by atoms with van der Waals surface area (Å²) in [6.07, 6.45) is 11.9. The number of carbonyl (C=O) groups excluding carboxylic acids is 1. The van der Waals surface area contributed by atoms with Gasteiger partial charge in [0.2, 0.25) is 0 Å². The van der Waals surface area contributed by atoms with Gasteiger partial charge in [-0.25, -0.2) is 0 Å². The first-order chi connectivity index (χ1) is 10.2. The molecule has 1 heterocycles. The first kappa shape index (κ1) is 17.4. The number of aromatic nitrogens is 2. The molecule has 2 rings (SSSR count). The number of allylic oxidation sites excluding steroid dienone is 4. The van der Waals surface area contributed by atoms with E-state index in [1.165, 1.54) is 0 Å². The molecule has 4 nitrogen and oxygen atoms in total. The number of rotatable bonds is 6. The van der Waals surface area contributed by atoms with Gasteiger partial charge < -0.3 is 9.53 Å². The van der Waals surface area contributed by atoms with Gasteiger partial charge in [0.15, 0.2) is 0 Å². The van der Waals surface area contributed by atoms with E-state index in [0.29, 0.717) is 18.9 Å². The Morgan fingerprint density at radius 3 is 2.90 bits per heavy atom. The minimum absolute atomic E-state index is 0.242. The van der Waals surface area contributed by atoms with E-state index >= 15 is 0 Å². The smallest absolute Gasteiger partial charge is 0.130 e. The molecule has 0 saturated heterocycles. The lowest BCUT2D eigenvalue weighted by atomic mass is 9.90. The molecule has 1 aliphatic carbocycles. The van der Waals surface area contributed by atoms with Gasteiger partial charge in [0.05, 0.1) is 19.3 Å². The summed E-state index contributed by atoms with van der Waals surface area (Å²) in [4.78, 5) is 11.2. The summed E-state index contributed by atoms with van der Waals surface area (Å²) in [5.74, 6) is 0.562. The fraction of sp³-hybridized carbons (Fsp3) is 0.529. The molecule has 1 aromatic rings. The Labute approximate surface area is 127 Å². The highest BCUT2D eigenvalue weighted by Crippen LogP contribution is 2.26. The molecule has 0 radical (unpaired) electrons. The number of hydrogen-bond acceptors (Lipinski definition) is 3. The minimum Gasteiger partial charge on any atom is -0.383 e. The molecule has 1 aliphatic rings. The highest BCUT2D eigenvalue weighted by Gasteiger charge is 2.13. The van der Waals surface area contributed by atoms with E-state index in [1.54, 1.807) is 14.0 Å². The summed E-state index contributed by atoms with van der Waals surface area (Å²) in [6, 6.07) is 0. The van der Waals surface area contributed by atoms with E-state index in [0.717, 1.165) is 24.1 Å². The zero-order valence-corrected chi connectivity index (χ0v) is 13.5. The summed E-state index contributed by atoms with van der Waals surface area (Å²) in [6.45, 7) is 7.06. The third-order valence-corrected chi connectivity index (χ3v) is 3.19. The molecule has 21 heavy (non-hydrogen) atoms. The second-order valence-electron chi connectivity index (χ2n) is 4.91. The van der Waals surface area contributed by atoms with Crippen LogP contribution in [0.25, 0.3) is 5.57 Å². The average molecular weight is 290 g/mol. The van der Waals surface area contributed by atoms with Crippen LogP contribution in [0.4, 0.5) is 0 Å². The third kappa shape index (κ3) is 5.68. The molecular formula is C17H26N2O2. The van der Waals surface area contributed by atoms with Crippen LogP contribution in [0.5, 0.6) is 0 Å². The number of Topliss-reactive ketones (excluding diaryl/α,β-unsaturated/α-hetero) is 1. The van der Waals surface area contributed by atoms with Gasteiger partial charge >= 0.3 is 0 Å². The lowest BCUT2D eigenvalue weighted by Gasteiger charge is -2.14. The zero-order chi connectivity index (χ0) is 15.7. The fourth-order valence-corrected chi connectivity index (χ4v) is 2.27. The van der Waals surface area contributed by atoms with Crippen LogP contribution in [0, 0.1) is 5.92 Å². The van der Waals surface area contributed by atoms with Crippen molar-refractivity contribution < 1.29 is 9.53 Å². The molecule has 116 valence electrons. The number of nitrogens with zero attached hydrogens (tertiary/aromatic N) is 2. The van der Waals surface area contributed by atoms with Crippen molar-refractivity contribution in [2.45, 2.75) is 40.2 Å². The summed E-state index contributed by atoms with van der Waals surface area (Å²) in [5.41, 5.74) is 2.25. The van der Waals surface area contributed by atoms with Crippen LogP contribution >= 0.6 is 0 Å². The maximum atomic E-state index is 11.2. The maximum Gasteiger partial charge on any atom is 0.130 e. The summed E-state index contributed by atoms with van der Waals surface area (Å²) < 4.78 is 6.91. The van der Waals surface area contributed by atoms with Gasteiger partial charge in [-0.2, -0.15) is 5.10 Å². The Kier molecular flexibility index (Phi) is 7.69. The molecule has 0 amide bonds. The average Bonchev–Trinajstić information content (AvgIpc) is 2.96. The molecule has 0 aliphatic heterocycles. The van der Waals surface area contributed by atoms with Gasteiger partial charge in [-0.05, 0) is 24.8 Å². The molecular weight excluding hydrogens is 264 g/mol. The third-order valence-electron chi connectivity index (χ3n) is 3.19. The molecule has 0 saturated carbocycles. The Bertz CT molecular complexity index is 501. The molecule has 1 aromatic heterocycles. The second-order valence-corrected chi connectivity index (χ2v) is 4.91. The molecule has 0 fully saturated rings. The zero-order valence-electron chi connectivity index (χ0n) is 13.5. The molecule has 1 atom stereocenters. The van der Waals surface area contributed by atoms with E-state index in [1.807, 2.05) is 30.9 Å². The second kappa shape index (κ2) is 9.29. The number of methoxy groups -OCH3 is 1. The van der Waals surface area contributed by atoms with E-state index in [9.17, 15) is 4.79 Å². The Morgan fingerprint density at radius 1 is 1.48 bits per heavy atom. The van der Waals surface area contributed by atoms with Crippen LogP contribution in [0.2, 0.25) is 0 Å². The van der Waals surface area contributed by atoms with Crippen molar-refractivity contribution in [3.8, 4) is 0 Å². The number of carbonyl (C=O) groups is 1. The van der Waals surface area contributed by atoms with Gasteiger partial charge in [-0.1, -0.05) is 32.1 Å². The van der Waals surface area contributed by atoms with Crippen molar-refractivity contribution >= 4 is 11.4 Å². The van der Waals surface area contributed by atoms with Crippen molar-refractivity contribution in [3.05, 3.63) is 36.2 Å². The van der Waals surface area contributed by atoms with Gasteiger partial charge in [0, 0.05) is 25.3 Å². The van der Waals surface area contributed by atoms with Crippen LogP contribution in [0.3, 0.4) is 0 Å². The minimum atomic E-state index is 0.242. The molecule has 4 heteroatoms. The van der Waals surface area contributed by atoms with E-state index < -0.39 is 0 Å². The van der Waals surface area contributed by atoms with Crippen molar-refractivity contribution in [2.75, 3.05) is 13.7 Å².